The number of fused-ring (bicyclic) bond motifs is 1. The zero-order chi connectivity index (χ0) is 17.6. The number of hydrogen-bond donors (Lipinski definition) is 2. The summed E-state index contributed by atoms with van der Waals surface area (Å²) in [4.78, 5) is 12.1. The van der Waals surface area contributed by atoms with Crippen LogP contribution in [0.15, 0.2) is 18.2 Å². The van der Waals surface area contributed by atoms with Gasteiger partial charge in [-0.2, -0.15) is 5.10 Å². The highest BCUT2D eigenvalue weighted by Crippen LogP contribution is 2.41. The van der Waals surface area contributed by atoms with Crippen LogP contribution in [0.4, 0.5) is 5.82 Å². The van der Waals surface area contributed by atoms with Crippen molar-refractivity contribution in [2.24, 2.45) is 0 Å². The summed E-state index contributed by atoms with van der Waals surface area (Å²) in [5.41, 5.74) is 1.51. The molecule has 2 aromatic rings. The fourth-order valence-corrected chi connectivity index (χ4v) is 3.38. The molecule has 1 aromatic heterocycles. The molecular weight excluding hydrogens is 355 g/mol. The van der Waals surface area contributed by atoms with Gasteiger partial charge in [-0.1, -0.05) is 29.3 Å². The Labute approximate surface area is 148 Å². The lowest BCUT2D eigenvalue weighted by atomic mass is 9.98. The Morgan fingerprint density at radius 2 is 2.12 bits per heavy atom. The average molecular weight is 370 g/mol. The van der Waals surface area contributed by atoms with E-state index in [-0.39, 0.29) is 5.02 Å². The van der Waals surface area contributed by atoms with E-state index in [9.17, 15) is 15.1 Å². The molecule has 0 spiro atoms. The van der Waals surface area contributed by atoms with Crippen LogP contribution in [-0.4, -0.2) is 32.1 Å². The highest BCUT2D eigenvalue weighted by atomic mass is 35.5. The molecule has 1 aromatic carbocycles. The Morgan fingerprint density at radius 1 is 1.42 bits per heavy atom. The highest BCUT2D eigenvalue weighted by molar-refractivity contribution is 6.35. The SMILES string of the molecule is CCn1nc(C)c2c1NC(=O)C(O)N([O-])C2c1ccc(Cl)cc1Cl. The van der Waals surface area contributed by atoms with Crippen LogP contribution in [0.1, 0.15) is 29.8 Å². The molecule has 1 amide bonds. The van der Waals surface area contributed by atoms with Crippen molar-refractivity contribution < 1.29 is 9.90 Å². The van der Waals surface area contributed by atoms with Crippen molar-refractivity contribution in [1.82, 2.24) is 14.8 Å². The molecule has 1 aliphatic heterocycles. The number of aryl methyl sites for hydroxylation is 2. The van der Waals surface area contributed by atoms with E-state index in [1.807, 2.05) is 6.92 Å². The van der Waals surface area contributed by atoms with Gasteiger partial charge >= 0.3 is 0 Å². The molecular formula is C15H15Cl2N4O3-. The van der Waals surface area contributed by atoms with Crippen molar-refractivity contribution in [3.63, 3.8) is 0 Å². The Bertz CT molecular complexity index is 808. The predicted molar refractivity (Wildman–Crippen MR) is 90.8 cm³/mol. The number of halogens is 2. The predicted octanol–water partition coefficient (Wildman–Crippen LogP) is 2.68. The number of aliphatic hydroxyl groups is 1. The Morgan fingerprint density at radius 3 is 2.75 bits per heavy atom. The van der Waals surface area contributed by atoms with Crippen molar-refractivity contribution in [2.45, 2.75) is 32.7 Å². The van der Waals surface area contributed by atoms with Crippen molar-refractivity contribution in [3.8, 4) is 0 Å². The summed E-state index contributed by atoms with van der Waals surface area (Å²) in [5, 5.41) is 30.7. The van der Waals surface area contributed by atoms with Gasteiger partial charge in [0, 0.05) is 22.2 Å². The van der Waals surface area contributed by atoms with Crippen molar-refractivity contribution in [3.05, 3.63) is 50.3 Å². The third-order valence-corrected chi connectivity index (χ3v) is 4.54. The fourth-order valence-electron chi connectivity index (χ4n) is 2.86. The van der Waals surface area contributed by atoms with E-state index in [4.69, 9.17) is 23.2 Å². The zero-order valence-electron chi connectivity index (χ0n) is 13.0. The first-order valence-electron chi connectivity index (χ1n) is 7.31. The Balaban J connectivity index is 2.27. The second kappa shape index (κ2) is 6.34. The average Bonchev–Trinajstić information content (AvgIpc) is 2.79. The quantitative estimate of drug-likeness (QED) is 0.848. The lowest BCUT2D eigenvalue weighted by molar-refractivity contribution is -0.132. The lowest BCUT2D eigenvalue weighted by Gasteiger charge is -2.38. The molecule has 2 unspecified atom stereocenters. The normalized spacial score (nSPS) is 21.3. The second-order valence-electron chi connectivity index (χ2n) is 5.45. The van der Waals surface area contributed by atoms with Crippen LogP contribution in [0.25, 0.3) is 0 Å². The van der Waals surface area contributed by atoms with Crippen LogP contribution >= 0.6 is 23.2 Å². The fraction of sp³-hybridized carbons (Fsp3) is 0.333. The number of anilines is 1. The van der Waals surface area contributed by atoms with Gasteiger partial charge in [-0.15, -0.1) is 0 Å². The van der Waals surface area contributed by atoms with Gasteiger partial charge in [-0.05, 0) is 31.5 Å². The Hall–Kier alpha value is -1.64. The van der Waals surface area contributed by atoms with Gasteiger partial charge in [0.1, 0.15) is 5.82 Å². The number of hydrogen-bond acceptors (Lipinski definition) is 5. The van der Waals surface area contributed by atoms with Crippen LogP contribution in [0.2, 0.25) is 10.0 Å². The minimum absolute atomic E-state index is 0.268. The summed E-state index contributed by atoms with van der Waals surface area (Å²) in [7, 11) is 0. The first-order chi connectivity index (χ1) is 11.3. The number of nitrogens with one attached hydrogen (secondary N) is 1. The van der Waals surface area contributed by atoms with E-state index >= 15 is 0 Å². The second-order valence-corrected chi connectivity index (χ2v) is 6.30. The number of amides is 1. The summed E-state index contributed by atoms with van der Waals surface area (Å²) in [6.07, 6.45) is -1.86. The van der Waals surface area contributed by atoms with Gasteiger partial charge in [-0.25, -0.2) is 4.68 Å². The molecule has 2 atom stereocenters. The van der Waals surface area contributed by atoms with Gasteiger partial charge in [-0.3, -0.25) is 4.79 Å². The van der Waals surface area contributed by atoms with Crippen LogP contribution in [0, 0.1) is 12.1 Å². The van der Waals surface area contributed by atoms with Crippen LogP contribution in [0.3, 0.4) is 0 Å². The highest BCUT2D eigenvalue weighted by Gasteiger charge is 2.36. The van der Waals surface area contributed by atoms with Crippen LogP contribution < -0.4 is 5.32 Å². The van der Waals surface area contributed by atoms with E-state index in [0.717, 1.165) is 0 Å². The molecule has 24 heavy (non-hydrogen) atoms. The molecule has 3 rings (SSSR count). The maximum Gasteiger partial charge on any atom is 0.268 e. The third kappa shape index (κ3) is 2.68. The maximum atomic E-state index is 12.7. The third-order valence-electron chi connectivity index (χ3n) is 3.98. The van der Waals surface area contributed by atoms with E-state index in [1.54, 1.807) is 23.7 Å². The number of carbonyl (C=O) groups is 1. The molecule has 1 aliphatic rings. The Kier molecular flexibility index (Phi) is 4.54. The first-order valence-corrected chi connectivity index (χ1v) is 8.07. The van der Waals surface area contributed by atoms with Gasteiger partial charge < -0.3 is 20.7 Å². The summed E-state index contributed by atoms with van der Waals surface area (Å²) < 4.78 is 1.57. The van der Waals surface area contributed by atoms with E-state index in [2.05, 4.69) is 10.4 Å². The number of aromatic nitrogens is 2. The summed E-state index contributed by atoms with van der Waals surface area (Å²) in [6.45, 7) is 4.09. The molecule has 0 bridgehead atoms. The van der Waals surface area contributed by atoms with E-state index in [0.29, 0.717) is 39.3 Å². The molecule has 9 heteroatoms. The number of benzene rings is 1. The number of carbonyl (C=O) groups excluding carboxylic acids is 1. The van der Waals surface area contributed by atoms with Gasteiger partial charge in [0.05, 0.1) is 11.7 Å². The standard InChI is InChI=1S/C15H15Cl2N4O3/c1-3-20-13-11(7(2)19-20)12(21(24)15(23)14(22)18-13)9-5-4-8(16)6-10(9)17/h4-6,12,15,23H,3H2,1-2H3,(H,18,22)/q-1. The van der Waals surface area contributed by atoms with Crippen molar-refractivity contribution in [2.75, 3.05) is 5.32 Å². The molecule has 0 saturated carbocycles. The first kappa shape index (κ1) is 17.2. The molecule has 0 saturated heterocycles. The van der Waals surface area contributed by atoms with Crippen molar-refractivity contribution in [1.29, 1.82) is 0 Å². The van der Waals surface area contributed by atoms with E-state index < -0.39 is 18.2 Å². The topological polar surface area (TPSA) is 93.5 Å². The van der Waals surface area contributed by atoms with Gasteiger partial charge in [0.25, 0.3) is 5.91 Å². The maximum absolute atomic E-state index is 12.7. The zero-order valence-corrected chi connectivity index (χ0v) is 14.5. The monoisotopic (exact) mass is 369 g/mol. The van der Waals surface area contributed by atoms with E-state index in [1.165, 1.54) is 6.07 Å². The smallest absolute Gasteiger partial charge is 0.268 e. The summed E-state index contributed by atoms with van der Waals surface area (Å²) >= 11 is 12.2. The summed E-state index contributed by atoms with van der Waals surface area (Å²) in [5.74, 6) is -0.429. The van der Waals surface area contributed by atoms with Gasteiger partial charge in [0.15, 0.2) is 6.23 Å². The minimum Gasteiger partial charge on any atom is -0.782 e. The largest absolute Gasteiger partial charge is 0.782 e. The molecule has 0 fully saturated rings. The van der Waals surface area contributed by atoms with Crippen molar-refractivity contribution >= 4 is 34.9 Å². The number of hydroxylamine groups is 2. The number of aliphatic hydroxyl groups excluding tert-OH is 1. The number of rotatable bonds is 2. The summed E-state index contributed by atoms with van der Waals surface area (Å²) in [6, 6.07) is 3.73. The molecule has 128 valence electrons. The molecule has 0 radical (unpaired) electrons. The van der Waals surface area contributed by atoms with Crippen LogP contribution in [-0.2, 0) is 11.3 Å². The minimum atomic E-state index is -1.86. The van der Waals surface area contributed by atoms with Gasteiger partial charge in [0.2, 0.25) is 0 Å². The van der Waals surface area contributed by atoms with Crippen LogP contribution in [0.5, 0.6) is 0 Å². The lowest BCUT2D eigenvalue weighted by Crippen LogP contribution is -2.40. The number of nitrogens with zero attached hydrogens (tertiary/aromatic N) is 3. The molecule has 2 N–H and O–H groups in total. The molecule has 7 nitrogen and oxygen atoms in total. The molecule has 2 heterocycles. The molecule has 0 aliphatic carbocycles.